The third kappa shape index (κ3) is 5.37. The number of aromatic nitrogens is 4. The summed E-state index contributed by atoms with van der Waals surface area (Å²) in [6, 6.07) is 13.8. The maximum absolute atomic E-state index is 13.1. The van der Waals surface area contributed by atoms with Crippen molar-refractivity contribution in [2.45, 2.75) is 20.0 Å². The van der Waals surface area contributed by atoms with Gasteiger partial charge >= 0.3 is 0 Å². The highest BCUT2D eigenvalue weighted by Crippen LogP contribution is 2.19. The van der Waals surface area contributed by atoms with E-state index in [4.69, 9.17) is 4.74 Å². The molecule has 2 heterocycles. The molecule has 0 saturated heterocycles. The van der Waals surface area contributed by atoms with Crippen LogP contribution in [0.2, 0.25) is 0 Å². The first-order chi connectivity index (χ1) is 15.6. The Hall–Kier alpha value is -4.01. The summed E-state index contributed by atoms with van der Waals surface area (Å²) in [6.07, 6.45) is 3.15. The Morgan fingerprint density at radius 2 is 2.00 bits per heavy atom. The van der Waals surface area contributed by atoms with Crippen LogP contribution < -0.4 is 15.4 Å². The quantitative estimate of drug-likeness (QED) is 0.421. The highest BCUT2D eigenvalue weighted by Gasteiger charge is 2.10. The molecule has 2 aromatic carbocycles. The second-order valence-electron chi connectivity index (χ2n) is 7.26. The van der Waals surface area contributed by atoms with Crippen LogP contribution in [0.1, 0.15) is 11.1 Å². The van der Waals surface area contributed by atoms with Gasteiger partial charge in [-0.2, -0.15) is 5.10 Å². The number of ether oxygens (including phenoxy) is 1. The van der Waals surface area contributed by atoms with Gasteiger partial charge in [0.1, 0.15) is 23.7 Å². The van der Waals surface area contributed by atoms with Crippen LogP contribution in [-0.4, -0.2) is 38.8 Å². The predicted octanol–water partition coefficient (Wildman–Crippen LogP) is 3.08. The fourth-order valence-corrected chi connectivity index (χ4v) is 3.19. The van der Waals surface area contributed by atoms with Gasteiger partial charge in [0.15, 0.2) is 12.3 Å². The molecular formula is C23H23FN6O2. The van der Waals surface area contributed by atoms with E-state index in [-0.39, 0.29) is 18.3 Å². The maximum atomic E-state index is 13.1. The average molecular weight is 434 g/mol. The average Bonchev–Trinajstić information content (AvgIpc) is 3.21. The first kappa shape index (κ1) is 21.2. The van der Waals surface area contributed by atoms with E-state index in [1.165, 1.54) is 18.5 Å². The van der Waals surface area contributed by atoms with Crippen molar-refractivity contribution >= 4 is 22.8 Å². The lowest BCUT2D eigenvalue weighted by molar-refractivity contribution is -0.123. The minimum atomic E-state index is -0.270. The van der Waals surface area contributed by atoms with Crippen molar-refractivity contribution in [3.05, 3.63) is 78.0 Å². The summed E-state index contributed by atoms with van der Waals surface area (Å²) in [6.45, 7) is 3.25. The molecule has 4 aromatic rings. The number of nitrogens with zero attached hydrogens (tertiary/aromatic N) is 4. The van der Waals surface area contributed by atoms with Gasteiger partial charge in [0.25, 0.3) is 5.91 Å². The van der Waals surface area contributed by atoms with Crippen molar-refractivity contribution in [2.75, 3.05) is 18.5 Å². The molecular weight excluding hydrogens is 411 g/mol. The molecule has 1 amide bonds. The van der Waals surface area contributed by atoms with E-state index in [0.717, 1.165) is 16.5 Å². The Morgan fingerprint density at radius 1 is 1.16 bits per heavy atom. The van der Waals surface area contributed by atoms with E-state index in [9.17, 15) is 9.18 Å². The predicted molar refractivity (Wildman–Crippen MR) is 119 cm³/mol. The zero-order chi connectivity index (χ0) is 22.3. The topological polar surface area (TPSA) is 94.0 Å². The lowest BCUT2D eigenvalue weighted by atomic mass is 10.2. The van der Waals surface area contributed by atoms with Gasteiger partial charge in [0.05, 0.1) is 18.1 Å². The van der Waals surface area contributed by atoms with Gasteiger partial charge < -0.3 is 15.4 Å². The Kier molecular flexibility index (Phi) is 6.54. The fourth-order valence-electron chi connectivity index (χ4n) is 3.19. The summed E-state index contributed by atoms with van der Waals surface area (Å²) in [5, 5.41) is 11.2. The standard InChI is InChI=1S/C23H23FN6O2/c1-16-3-2-4-19(11-16)32-14-21(31)25-9-10-30-23-20(13-29-30)22(27-15-28-23)26-12-17-5-7-18(24)8-6-17/h2-8,11,13,15H,9-10,12,14H2,1H3,(H,25,31)(H,26,27,28). The number of carbonyl (C=O) groups excluding carboxylic acids is 1. The second kappa shape index (κ2) is 9.86. The molecule has 0 atom stereocenters. The number of hydrogen-bond donors (Lipinski definition) is 2. The molecule has 8 nitrogen and oxygen atoms in total. The first-order valence-electron chi connectivity index (χ1n) is 10.2. The summed E-state index contributed by atoms with van der Waals surface area (Å²) >= 11 is 0. The van der Waals surface area contributed by atoms with Gasteiger partial charge in [-0.05, 0) is 42.3 Å². The van der Waals surface area contributed by atoms with Gasteiger partial charge in [0.2, 0.25) is 0 Å². The van der Waals surface area contributed by atoms with Crippen molar-refractivity contribution in [2.24, 2.45) is 0 Å². The molecule has 0 aliphatic heterocycles. The van der Waals surface area contributed by atoms with Crippen molar-refractivity contribution in [3.8, 4) is 5.75 Å². The molecule has 0 fully saturated rings. The molecule has 9 heteroatoms. The van der Waals surface area contributed by atoms with Crippen LogP contribution in [0, 0.1) is 12.7 Å². The number of anilines is 1. The Bertz CT molecular complexity index is 1210. The minimum Gasteiger partial charge on any atom is -0.484 e. The largest absolute Gasteiger partial charge is 0.484 e. The monoisotopic (exact) mass is 434 g/mol. The number of amides is 1. The Labute approximate surface area is 184 Å². The third-order valence-electron chi connectivity index (χ3n) is 4.81. The molecule has 2 N–H and O–H groups in total. The molecule has 0 unspecified atom stereocenters. The SMILES string of the molecule is Cc1cccc(OCC(=O)NCCn2ncc3c(NCc4ccc(F)cc4)ncnc32)c1. The molecule has 164 valence electrons. The van der Waals surface area contributed by atoms with E-state index < -0.39 is 0 Å². The highest BCUT2D eigenvalue weighted by molar-refractivity contribution is 5.86. The summed E-state index contributed by atoms with van der Waals surface area (Å²) in [7, 11) is 0. The van der Waals surface area contributed by atoms with Crippen molar-refractivity contribution in [1.82, 2.24) is 25.1 Å². The van der Waals surface area contributed by atoms with Gasteiger partial charge in [0, 0.05) is 13.1 Å². The molecule has 0 radical (unpaired) electrons. The minimum absolute atomic E-state index is 0.0526. The lowest BCUT2D eigenvalue weighted by Gasteiger charge is -2.09. The van der Waals surface area contributed by atoms with Gasteiger partial charge in [-0.25, -0.2) is 19.0 Å². The van der Waals surface area contributed by atoms with E-state index in [1.54, 1.807) is 23.0 Å². The smallest absolute Gasteiger partial charge is 0.258 e. The van der Waals surface area contributed by atoms with Gasteiger partial charge in [-0.3, -0.25) is 4.79 Å². The van der Waals surface area contributed by atoms with E-state index >= 15 is 0 Å². The van der Waals surface area contributed by atoms with Crippen LogP contribution in [0.5, 0.6) is 5.75 Å². The van der Waals surface area contributed by atoms with Crippen LogP contribution >= 0.6 is 0 Å². The number of carbonyl (C=O) groups is 1. The van der Waals surface area contributed by atoms with E-state index in [0.29, 0.717) is 36.8 Å². The summed E-state index contributed by atoms with van der Waals surface area (Å²) < 4.78 is 20.3. The maximum Gasteiger partial charge on any atom is 0.258 e. The Balaban J connectivity index is 1.30. The number of nitrogens with one attached hydrogen (secondary N) is 2. The molecule has 0 saturated carbocycles. The van der Waals surface area contributed by atoms with Crippen LogP contribution in [-0.2, 0) is 17.9 Å². The zero-order valence-corrected chi connectivity index (χ0v) is 17.6. The molecule has 0 aliphatic carbocycles. The number of aryl methyl sites for hydroxylation is 1. The summed E-state index contributed by atoms with van der Waals surface area (Å²) in [5.74, 6) is 0.823. The first-order valence-corrected chi connectivity index (χ1v) is 10.2. The van der Waals surface area contributed by atoms with E-state index in [2.05, 4.69) is 25.7 Å². The van der Waals surface area contributed by atoms with Crippen LogP contribution in [0.3, 0.4) is 0 Å². The number of benzene rings is 2. The van der Waals surface area contributed by atoms with Crippen LogP contribution in [0.15, 0.2) is 61.1 Å². The molecule has 0 aliphatic rings. The van der Waals surface area contributed by atoms with Crippen LogP contribution in [0.4, 0.5) is 10.2 Å². The number of halogens is 1. The third-order valence-corrected chi connectivity index (χ3v) is 4.81. The molecule has 2 aromatic heterocycles. The molecule has 0 bridgehead atoms. The second-order valence-corrected chi connectivity index (χ2v) is 7.26. The molecule has 0 spiro atoms. The normalized spacial score (nSPS) is 10.8. The van der Waals surface area contributed by atoms with E-state index in [1.807, 2.05) is 31.2 Å². The molecule has 32 heavy (non-hydrogen) atoms. The highest BCUT2D eigenvalue weighted by atomic mass is 19.1. The number of fused-ring (bicyclic) bond motifs is 1. The zero-order valence-electron chi connectivity index (χ0n) is 17.6. The Morgan fingerprint density at radius 3 is 2.81 bits per heavy atom. The number of hydrogen-bond acceptors (Lipinski definition) is 6. The summed E-state index contributed by atoms with van der Waals surface area (Å²) in [4.78, 5) is 20.7. The van der Waals surface area contributed by atoms with Gasteiger partial charge in [-0.1, -0.05) is 24.3 Å². The summed E-state index contributed by atoms with van der Waals surface area (Å²) in [5.41, 5.74) is 2.66. The van der Waals surface area contributed by atoms with Gasteiger partial charge in [-0.15, -0.1) is 0 Å². The lowest BCUT2D eigenvalue weighted by Crippen LogP contribution is -2.31. The van der Waals surface area contributed by atoms with Crippen molar-refractivity contribution < 1.29 is 13.9 Å². The van der Waals surface area contributed by atoms with Crippen molar-refractivity contribution in [3.63, 3.8) is 0 Å². The molecule has 4 rings (SSSR count). The van der Waals surface area contributed by atoms with Crippen LogP contribution in [0.25, 0.3) is 11.0 Å². The number of rotatable bonds is 9. The van der Waals surface area contributed by atoms with Crippen molar-refractivity contribution in [1.29, 1.82) is 0 Å². The fraction of sp³-hybridized carbons (Fsp3) is 0.217.